The van der Waals surface area contributed by atoms with Crippen molar-refractivity contribution in [3.63, 3.8) is 0 Å². The summed E-state index contributed by atoms with van der Waals surface area (Å²) in [5, 5.41) is 8.95. The van der Waals surface area contributed by atoms with E-state index < -0.39 is 38.0 Å². The van der Waals surface area contributed by atoms with Gasteiger partial charge in [0.05, 0.1) is 15.1 Å². The second kappa shape index (κ2) is 4.43. The topological polar surface area (TPSA) is 84.3 Å². The van der Waals surface area contributed by atoms with Gasteiger partial charge in [0.2, 0.25) is 0 Å². The number of halogens is 3. The van der Waals surface area contributed by atoms with Gasteiger partial charge in [0.25, 0.3) is 0 Å². The number of carboxylic acid groups (broad SMARTS) is 1. The van der Waals surface area contributed by atoms with Crippen LogP contribution in [-0.2, 0) is 20.5 Å². The Labute approximate surface area is 99.3 Å². The van der Waals surface area contributed by atoms with Gasteiger partial charge in [-0.05, 0) is 12.1 Å². The molecule has 0 bridgehead atoms. The summed E-state index contributed by atoms with van der Waals surface area (Å²) in [6.45, 7) is 0. The number of rotatable bonds is 2. The van der Waals surface area contributed by atoms with E-state index in [1.165, 1.54) is 0 Å². The summed E-state index contributed by atoms with van der Waals surface area (Å²) in [5.74, 6) is -1.65. The summed E-state index contributed by atoms with van der Waals surface area (Å²) >= 11 is 0. The van der Waals surface area contributed by atoms with Crippen LogP contribution in [-0.4, -0.2) is 31.8 Å². The van der Waals surface area contributed by atoms with E-state index in [1.54, 1.807) is 0 Å². The molecule has 1 aromatic rings. The van der Waals surface area contributed by atoms with E-state index in [0.717, 1.165) is 11.5 Å². The van der Waals surface area contributed by atoms with Crippen molar-refractivity contribution in [3.05, 3.63) is 23.4 Å². The maximum Gasteiger partial charge on any atom is 0.433 e. The first kappa shape index (κ1) is 14.2. The van der Waals surface area contributed by atoms with Crippen molar-refractivity contribution in [2.24, 2.45) is 0 Å². The summed E-state index contributed by atoms with van der Waals surface area (Å²) in [5.41, 5.74) is -2.28. The van der Waals surface area contributed by atoms with E-state index in [9.17, 15) is 27.0 Å². The molecule has 0 fully saturated rings. The number of carbonyl (C=O) groups excluding carboxylic acids is 1. The highest BCUT2D eigenvalue weighted by Gasteiger charge is 2.34. The summed E-state index contributed by atoms with van der Waals surface area (Å²) < 4.78 is 48.9. The molecule has 9 heteroatoms. The lowest BCUT2D eigenvalue weighted by molar-refractivity contribution is -0.141. The van der Waals surface area contributed by atoms with Crippen molar-refractivity contribution in [1.29, 1.82) is 0 Å². The highest BCUT2D eigenvalue weighted by atomic mass is 32.2. The maximum atomic E-state index is 12.5. The van der Waals surface area contributed by atoms with Crippen LogP contribution in [0.3, 0.4) is 0 Å². The smallest absolute Gasteiger partial charge is 0.433 e. The van der Waals surface area contributed by atoms with Gasteiger partial charge in [0.15, 0.2) is 5.23 Å². The van der Waals surface area contributed by atoms with Crippen LogP contribution in [0.2, 0.25) is 0 Å². The zero-order chi connectivity index (χ0) is 14.1. The van der Waals surface area contributed by atoms with Gasteiger partial charge in [-0.2, -0.15) is 13.2 Å². The van der Waals surface area contributed by atoms with E-state index in [-0.39, 0.29) is 0 Å². The standard InChI is InChI=1S/C9H6F3NO4S/c1-18(17,4-14)7-3-5(8(15)16)2-6(13-7)9(10,11)12/h2-3H,1H3,(H,15,16). The summed E-state index contributed by atoms with van der Waals surface area (Å²) in [7, 11) is -3.57. The van der Waals surface area contributed by atoms with Crippen LogP contribution in [0.15, 0.2) is 17.2 Å². The zero-order valence-corrected chi connectivity index (χ0v) is 9.63. The molecule has 98 valence electrons. The van der Waals surface area contributed by atoms with E-state index in [4.69, 9.17) is 5.11 Å². The first-order valence-corrected chi connectivity index (χ1v) is 6.25. The number of hydrogen-bond donors (Lipinski definition) is 1. The van der Waals surface area contributed by atoms with Crippen LogP contribution in [0.4, 0.5) is 13.2 Å². The highest BCUT2D eigenvalue weighted by Crippen LogP contribution is 2.29. The van der Waals surface area contributed by atoms with Gasteiger partial charge in [0.1, 0.15) is 10.7 Å². The van der Waals surface area contributed by atoms with E-state index in [1.807, 2.05) is 0 Å². The van der Waals surface area contributed by atoms with Crippen molar-refractivity contribution in [2.75, 3.05) is 6.26 Å². The first-order chi connectivity index (χ1) is 8.08. The Hall–Kier alpha value is -1.86. The van der Waals surface area contributed by atoms with E-state index >= 15 is 0 Å². The molecule has 0 aromatic carbocycles. The highest BCUT2D eigenvalue weighted by molar-refractivity contribution is 7.99. The largest absolute Gasteiger partial charge is 0.478 e. The summed E-state index contributed by atoms with van der Waals surface area (Å²) in [4.78, 5) is 24.1. The second-order valence-corrected chi connectivity index (χ2v) is 5.58. The van der Waals surface area contributed by atoms with Gasteiger partial charge in [-0.1, -0.05) is 0 Å². The number of aromatic nitrogens is 1. The van der Waals surface area contributed by atoms with Gasteiger partial charge in [0, 0.05) is 6.26 Å². The molecule has 0 radical (unpaired) electrons. The van der Waals surface area contributed by atoms with E-state index in [2.05, 4.69) is 4.98 Å². The first-order valence-electron chi connectivity index (χ1n) is 4.28. The molecule has 1 N–H and O–H groups in total. The predicted octanol–water partition coefficient (Wildman–Crippen LogP) is 1.14. The molecule has 5 nitrogen and oxygen atoms in total. The minimum Gasteiger partial charge on any atom is -0.478 e. The molecular weight excluding hydrogens is 275 g/mol. The summed E-state index contributed by atoms with van der Waals surface area (Å²) in [6.07, 6.45) is -4.08. The fourth-order valence-corrected chi connectivity index (χ4v) is 1.73. The van der Waals surface area contributed by atoms with Crippen LogP contribution in [0, 0.1) is 0 Å². The molecule has 0 amide bonds. The molecule has 1 aromatic heterocycles. The second-order valence-electron chi connectivity index (χ2n) is 3.31. The van der Waals surface area contributed by atoms with Crippen molar-refractivity contribution in [2.45, 2.75) is 11.2 Å². The van der Waals surface area contributed by atoms with Crippen LogP contribution in [0.5, 0.6) is 0 Å². The van der Waals surface area contributed by atoms with Gasteiger partial charge in [-0.25, -0.2) is 14.6 Å². The zero-order valence-electron chi connectivity index (χ0n) is 8.82. The van der Waals surface area contributed by atoms with Gasteiger partial charge in [-0.3, -0.25) is 4.21 Å². The molecule has 1 atom stereocenters. The number of pyridine rings is 1. The molecule has 1 unspecified atom stereocenters. The normalized spacial score (nSPS) is 14.7. The molecular formula is C9H6F3NO4S. The number of nitrogens with zero attached hydrogens (tertiary/aromatic N) is 1. The Kier molecular flexibility index (Phi) is 3.50. The molecule has 0 aliphatic rings. The van der Waals surface area contributed by atoms with Crippen LogP contribution >= 0.6 is 0 Å². The number of hydrogen-bond acceptors (Lipinski definition) is 4. The Morgan fingerprint density at radius 1 is 1.44 bits per heavy atom. The average Bonchev–Trinajstić information content (AvgIpc) is 2.27. The third kappa shape index (κ3) is 2.88. The predicted molar refractivity (Wildman–Crippen MR) is 54.2 cm³/mol. The molecule has 1 rings (SSSR count). The minimum absolute atomic E-state index is 0.298. The Morgan fingerprint density at radius 3 is 2.39 bits per heavy atom. The molecule has 0 aliphatic carbocycles. The lowest BCUT2D eigenvalue weighted by atomic mass is 10.2. The van der Waals surface area contributed by atoms with Crippen molar-refractivity contribution >= 4 is 20.7 Å². The number of aromatic carboxylic acids is 1. The molecule has 0 saturated heterocycles. The van der Waals surface area contributed by atoms with Crippen LogP contribution in [0.1, 0.15) is 16.1 Å². The quantitative estimate of drug-likeness (QED) is 0.822. The minimum atomic E-state index is -4.90. The fourth-order valence-electron chi connectivity index (χ4n) is 1.02. The molecule has 1 heterocycles. The fraction of sp³-hybridized carbons (Fsp3) is 0.222. The average molecular weight is 281 g/mol. The SMILES string of the molecule is CS(=O)(=C=O)c1cc(C(=O)O)cc(C(F)(F)F)n1. The van der Waals surface area contributed by atoms with Gasteiger partial charge >= 0.3 is 12.1 Å². The van der Waals surface area contributed by atoms with Crippen molar-refractivity contribution < 1.29 is 32.1 Å². The molecule has 0 spiro atoms. The maximum absolute atomic E-state index is 12.5. The van der Waals surface area contributed by atoms with E-state index in [0.29, 0.717) is 12.1 Å². The Bertz CT molecular complexity index is 640. The van der Waals surface area contributed by atoms with Crippen molar-refractivity contribution in [3.8, 4) is 0 Å². The Morgan fingerprint density at radius 2 is 2.00 bits per heavy atom. The number of carboxylic acids is 1. The lowest BCUT2D eigenvalue weighted by Crippen LogP contribution is -2.14. The molecule has 0 saturated carbocycles. The van der Waals surface area contributed by atoms with Crippen molar-refractivity contribution in [1.82, 2.24) is 4.98 Å². The van der Waals surface area contributed by atoms with Gasteiger partial charge < -0.3 is 5.11 Å². The van der Waals surface area contributed by atoms with Crippen LogP contribution < -0.4 is 0 Å². The summed E-state index contributed by atoms with van der Waals surface area (Å²) in [6, 6.07) is 0.955. The third-order valence-corrected chi connectivity index (χ3v) is 3.22. The number of alkyl halides is 3. The number of carbonyl (C=O) groups is 1. The molecule has 18 heavy (non-hydrogen) atoms. The van der Waals surface area contributed by atoms with Crippen LogP contribution in [0.25, 0.3) is 0 Å². The molecule has 0 aliphatic heterocycles. The Balaban J connectivity index is 3.67. The van der Waals surface area contributed by atoms with Gasteiger partial charge in [-0.15, -0.1) is 0 Å². The third-order valence-electron chi connectivity index (χ3n) is 1.90. The lowest BCUT2D eigenvalue weighted by Gasteiger charge is -2.09. The monoisotopic (exact) mass is 281 g/mol.